The van der Waals surface area contributed by atoms with Crippen LogP contribution in [0.4, 0.5) is 0 Å². The van der Waals surface area contributed by atoms with Crippen molar-refractivity contribution in [1.82, 2.24) is 14.1 Å². The van der Waals surface area contributed by atoms with Crippen LogP contribution in [0.3, 0.4) is 0 Å². The Morgan fingerprint density at radius 3 is 2.65 bits per heavy atom. The summed E-state index contributed by atoms with van der Waals surface area (Å²) in [6.07, 6.45) is 8.22. The van der Waals surface area contributed by atoms with Gasteiger partial charge in [-0.05, 0) is 26.2 Å². The molecule has 114 valence electrons. The van der Waals surface area contributed by atoms with Crippen LogP contribution in [0.5, 0.6) is 0 Å². The van der Waals surface area contributed by atoms with E-state index < -0.39 is 10.0 Å². The van der Waals surface area contributed by atoms with Crippen LogP contribution >= 0.6 is 0 Å². The first-order valence-electron chi connectivity index (χ1n) is 7.49. The van der Waals surface area contributed by atoms with Gasteiger partial charge in [0.25, 0.3) is 0 Å². The summed E-state index contributed by atoms with van der Waals surface area (Å²) in [6.45, 7) is 4.41. The summed E-state index contributed by atoms with van der Waals surface area (Å²) in [5, 5.41) is 4.43. The Bertz CT molecular complexity index is 545. The maximum Gasteiger partial charge on any atom is 0.246 e. The number of unbranched alkanes of at least 4 members (excludes halogenated alkanes) is 1. The molecule has 2 rings (SSSR count). The fourth-order valence-electron chi connectivity index (χ4n) is 2.74. The van der Waals surface area contributed by atoms with Crippen molar-refractivity contribution in [3.63, 3.8) is 0 Å². The average molecular weight is 299 g/mol. The van der Waals surface area contributed by atoms with Gasteiger partial charge >= 0.3 is 0 Å². The predicted molar refractivity (Wildman–Crippen MR) is 79.2 cm³/mol. The molecule has 1 aliphatic carbocycles. The van der Waals surface area contributed by atoms with Crippen LogP contribution in [0.15, 0.2) is 11.1 Å². The van der Waals surface area contributed by atoms with E-state index in [0.717, 1.165) is 25.7 Å². The fraction of sp³-hybridized carbons (Fsp3) is 0.786. The number of sulfonamides is 1. The van der Waals surface area contributed by atoms with E-state index in [-0.39, 0.29) is 0 Å². The zero-order valence-corrected chi connectivity index (χ0v) is 13.5. The van der Waals surface area contributed by atoms with Crippen molar-refractivity contribution in [3.05, 3.63) is 11.9 Å². The van der Waals surface area contributed by atoms with Gasteiger partial charge in [-0.25, -0.2) is 12.7 Å². The Morgan fingerprint density at radius 1 is 1.40 bits per heavy atom. The minimum atomic E-state index is -3.40. The van der Waals surface area contributed by atoms with Gasteiger partial charge in [0.2, 0.25) is 10.0 Å². The zero-order valence-electron chi connectivity index (χ0n) is 12.7. The standard InChI is InChI=1S/C14H25N3O2S/c1-4-5-10-16(3)20(18,19)14-11-17(15-12(14)2)13-8-6-7-9-13/h11,13H,4-10H2,1-3H3. The second kappa shape index (κ2) is 6.26. The van der Waals surface area contributed by atoms with Crippen LogP contribution in [0.2, 0.25) is 0 Å². The first-order chi connectivity index (χ1) is 9.46. The first-order valence-corrected chi connectivity index (χ1v) is 8.93. The summed E-state index contributed by atoms with van der Waals surface area (Å²) in [5.74, 6) is 0. The normalized spacial score (nSPS) is 17.2. The van der Waals surface area contributed by atoms with Crippen LogP contribution in [0.25, 0.3) is 0 Å². The molecule has 0 aromatic carbocycles. The maximum atomic E-state index is 12.6. The SMILES string of the molecule is CCCCN(C)S(=O)(=O)c1cn(C2CCCC2)nc1C. The van der Waals surface area contributed by atoms with Gasteiger partial charge in [0.1, 0.15) is 4.90 Å². The monoisotopic (exact) mass is 299 g/mol. The van der Waals surface area contributed by atoms with E-state index in [9.17, 15) is 8.42 Å². The molecule has 5 nitrogen and oxygen atoms in total. The second-order valence-corrected chi connectivity index (χ2v) is 7.69. The molecule has 0 N–H and O–H groups in total. The van der Waals surface area contributed by atoms with Crippen LogP contribution in [0.1, 0.15) is 57.2 Å². The topological polar surface area (TPSA) is 55.2 Å². The van der Waals surface area contributed by atoms with Crippen molar-refractivity contribution in [3.8, 4) is 0 Å². The summed E-state index contributed by atoms with van der Waals surface area (Å²) < 4.78 is 28.4. The molecule has 1 aromatic rings. The molecule has 1 aromatic heterocycles. The third kappa shape index (κ3) is 3.06. The van der Waals surface area contributed by atoms with Gasteiger partial charge in [0.15, 0.2) is 0 Å². The highest BCUT2D eigenvalue weighted by Gasteiger charge is 2.27. The van der Waals surface area contributed by atoms with Crippen LogP contribution in [-0.2, 0) is 10.0 Å². The highest BCUT2D eigenvalue weighted by atomic mass is 32.2. The molecule has 0 bridgehead atoms. The number of rotatable bonds is 6. The van der Waals surface area contributed by atoms with Crippen molar-refractivity contribution >= 4 is 10.0 Å². The van der Waals surface area contributed by atoms with E-state index in [0.29, 0.717) is 23.2 Å². The molecule has 1 heterocycles. The van der Waals surface area contributed by atoms with Gasteiger partial charge in [-0.3, -0.25) is 4.68 Å². The van der Waals surface area contributed by atoms with E-state index in [1.54, 1.807) is 20.2 Å². The molecule has 0 spiro atoms. The number of hydrogen-bond donors (Lipinski definition) is 0. The van der Waals surface area contributed by atoms with Crippen molar-refractivity contribution in [2.45, 2.75) is 63.3 Å². The summed E-state index contributed by atoms with van der Waals surface area (Å²) in [5.41, 5.74) is 0.611. The Morgan fingerprint density at radius 2 is 2.05 bits per heavy atom. The molecule has 1 saturated carbocycles. The summed E-state index contributed by atoms with van der Waals surface area (Å²) in [6, 6.07) is 0.374. The van der Waals surface area contributed by atoms with E-state index in [4.69, 9.17) is 0 Å². The van der Waals surface area contributed by atoms with Crippen molar-refractivity contribution in [2.75, 3.05) is 13.6 Å². The lowest BCUT2D eigenvalue weighted by molar-refractivity contribution is 0.456. The third-order valence-corrected chi connectivity index (χ3v) is 6.05. The molecule has 0 radical (unpaired) electrons. The Labute approximate surface area is 122 Å². The predicted octanol–water partition coefficient (Wildman–Crippen LogP) is 2.73. The molecule has 0 saturated heterocycles. The van der Waals surface area contributed by atoms with E-state index in [1.165, 1.54) is 17.1 Å². The number of aromatic nitrogens is 2. The second-order valence-electron chi connectivity index (χ2n) is 5.68. The van der Waals surface area contributed by atoms with Gasteiger partial charge in [0.05, 0.1) is 11.7 Å². The largest absolute Gasteiger partial charge is 0.268 e. The van der Waals surface area contributed by atoms with Crippen molar-refractivity contribution in [2.24, 2.45) is 0 Å². The van der Waals surface area contributed by atoms with Crippen LogP contribution < -0.4 is 0 Å². The quantitative estimate of drug-likeness (QED) is 0.811. The number of hydrogen-bond acceptors (Lipinski definition) is 3. The van der Waals surface area contributed by atoms with E-state index in [2.05, 4.69) is 12.0 Å². The van der Waals surface area contributed by atoms with Gasteiger partial charge in [-0.1, -0.05) is 26.2 Å². The van der Waals surface area contributed by atoms with Gasteiger partial charge < -0.3 is 0 Å². The lowest BCUT2D eigenvalue weighted by Gasteiger charge is -2.16. The maximum absolute atomic E-state index is 12.6. The Kier molecular flexibility index (Phi) is 4.86. The number of aryl methyl sites for hydroxylation is 1. The molecular formula is C14H25N3O2S. The van der Waals surface area contributed by atoms with Gasteiger partial charge in [0, 0.05) is 19.8 Å². The third-order valence-electron chi connectivity index (χ3n) is 4.09. The van der Waals surface area contributed by atoms with Crippen molar-refractivity contribution < 1.29 is 8.42 Å². The Balaban J connectivity index is 2.23. The van der Waals surface area contributed by atoms with Crippen LogP contribution in [-0.4, -0.2) is 36.1 Å². The van der Waals surface area contributed by atoms with Crippen molar-refractivity contribution in [1.29, 1.82) is 0 Å². The molecule has 1 aliphatic rings. The minimum Gasteiger partial charge on any atom is -0.268 e. The molecule has 6 heteroatoms. The highest BCUT2D eigenvalue weighted by molar-refractivity contribution is 7.89. The molecule has 20 heavy (non-hydrogen) atoms. The van der Waals surface area contributed by atoms with Crippen LogP contribution in [0, 0.1) is 6.92 Å². The highest BCUT2D eigenvalue weighted by Crippen LogP contribution is 2.30. The zero-order chi connectivity index (χ0) is 14.8. The molecule has 0 atom stereocenters. The molecule has 0 amide bonds. The molecule has 0 unspecified atom stereocenters. The molecule has 1 fully saturated rings. The Hall–Kier alpha value is -0.880. The van der Waals surface area contributed by atoms with E-state index in [1.807, 2.05) is 4.68 Å². The summed E-state index contributed by atoms with van der Waals surface area (Å²) in [4.78, 5) is 0.364. The first kappa shape index (κ1) is 15.5. The minimum absolute atomic E-state index is 0.364. The lowest BCUT2D eigenvalue weighted by atomic mass is 10.3. The summed E-state index contributed by atoms with van der Waals surface area (Å²) >= 11 is 0. The molecular weight excluding hydrogens is 274 g/mol. The smallest absolute Gasteiger partial charge is 0.246 e. The average Bonchev–Trinajstić information content (AvgIpc) is 3.04. The summed E-state index contributed by atoms with van der Waals surface area (Å²) in [7, 11) is -1.75. The molecule has 0 aliphatic heterocycles. The lowest BCUT2D eigenvalue weighted by Crippen LogP contribution is -2.28. The number of nitrogens with zero attached hydrogens (tertiary/aromatic N) is 3. The fourth-order valence-corrected chi connectivity index (χ4v) is 4.10. The van der Waals surface area contributed by atoms with E-state index >= 15 is 0 Å². The van der Waals surface area contributed by atoms with Gasteiger partial charge in [-0.15, -0.1) is 0 Å². The van der Waals surface area contributed by atoms with Gasteiger partial charge in [-0.2, -0.15) is 5.10 Å².